The van der Waals surface area contributed by atoms with Crippen LogP contribution in [0.3, 0.4) is 0 Å². The molecule has 0 bridgehead atoms. The van der Waals surface area contributed by atoms with Crippen molar-refractivity contribution in [1.82, 2.24) is 0 Å². The lowest BCUT2D eigenvalue weighted by Gasteiger charge is -2.17. The SMILES string of the molecule is Cc1cc2c(cc1C)CC(C1Cc3cc(C)c(C)cc3C1)C2. The molecule has 4 rings (SSSR count). The first kappa shape index (κ1) is 14.1. The van der Waals surface area contributed by atoms with Crippen molar-refractivity contribution in [2.75, 3.05) is 0 Å². The van der Waals surface area contributed by atoms with Crippen LogP contribution < -0.4 is 0 Å². The van der Waals surface area contributed by atoms with E-state index in [1.807, 2.05) is 0 Å². The van der Waals surface area contributed by atoms with Crippen LogP contribution >= 0.6 is 0 Å². The van der Waals surface area contributed by atoms with Crippen molar-refractivity contribution < 1.29 is 0 Å². The van der Waals surface area contributed by atoms with Gasteiger partial charge in [0.25, 0.3) is 0 Å². The van der Waals surface area contributed by atoms with Crippen LogP contribution in [0.15, 0.2) is 24.3 Å². The molecule has 22 heavy (non-hydrogen) atoms. The van der Waals surface area contributed by atoms with Crippen molar-refractivity contribution >= 4 is 0 Å². The Morgan fingerprint density at radius 1 is 0.500 bits per heavy atom. The average molecular weight is 290 g/mol. The highest BCUT2D eigenvalue weighted by molar-refractivity contribution is 5.43. The third-order valence-corrected chi connectivity index (χ3v) is 6.23. The maximum atomic E-state index is 2.45. The Hall–Kier alpha value is -1.56. The van der Waals surface area contributed by atoms with E-state index in [2.05, 4.69) is 52.0 Å². The Kier molecular flexibility index (Phi) is 3.18. The topological polar surface area (TPSA) is 0 Å². The van der Waals surface area contributed by atoms with E-state index in [4.69, 9.17) is 0 Å². The molecule has 0 nitrogen and oxygen atoms in total. The van der Waals surface area contributed by atoms with Gasteiger partial charge in [0.15, 0.2) is 0 Å². The molecule has 2 aliphatic carbocycles. The summed E-state index contributed by atoms with van der Waals surface area (Å²) in [5, 5.41) is 0. The van der Waals surface area contributed by atoms with E-state index in [-0.39, 0.29) is 0 Å². The van der Waals surface area contributed by atoms with Crippen LogP contribution in [-0.4, -0.2) is 0 Å². The van der Waals surface area contributed by atoms with Crippen LogP contribution in [0.25, 0.3) is 0 Å². The van der Waals surface area contributed by atoms with E-state index >= 15 is 0 Å². The average Bonchev–Trinajstić information content (AvgIpc) is 3.03. The number of fused-ring (bicyclic) bond motifs is 2. The quantitative estimate of drug-likeness (QED) is 0.689. The lowest BCUT2D eigenvalue weighted by Crippen LogP contribution is -2.15. The third-order valence-electron chi connectivity index (χ3n) is 6.23. The summed E-state index contributed by atoms with van der Waals surface area (Å²) in [6.45, 7) is 9.00. The van der Waals surface area contributed by atoms with E-state index < -0.39 is 0 Å². The van der Waals surface area contributed by atoms with E-state index in [1.54, 1.807) is 22.3 Å². The van der Waals surface area contributed by atoms with Gasteiger partial charge < -0.3 is 0 Å². The normalized spacial score (nSPS) is 17.8. The third kappa shape index (κ3) is 2.20. The second-order valence-corrected chi connectivity index (χ2v) is 7.75. The van der Waals surface area contributed by atoms with E-state index in [0.717, 1.165) is 11.8 Å². The van der Waals surface area contributed by atoms with E-state index in [9.17, 15) is 0 Å². The molecular weight excluding hydrogens is 264 g/mol. The van der Waals surface area contributed by atoms with E-state index in [0.29, 0.717) is 0 Å². The molecule has 114 valence electrons. The maximum absolute atomic E-state index is 2.45. The van der Waals surface area contributed by atoms with Crippen molar-refractivity contribution in [3.8, 4) is 0 Å². The molecule has 0 heterocycles. The molecule has 2 aliphatic rings. The van der Waals surface area contributed by atoms with Crippen LogP contribution in [0.4, 0.5) is 0 Å². The first-order chi connectivity index (χ1) is 10.5. The summed E-state index contributed by atoms with van der Waals surface area (Å²) in [5.74, 6) is 1.70. The van der Waals surface area contributed by atoms with Gasteiger partial charge in [-0.15, -0.1) is 0 Å². The van der Waals surface area contributed by atoms with Gasteiger partial charge in [-0.3, -0.25) is 0 Å². The molecule has 0 radical (unpaired) electrons. The molecule has 0 heteroatoms. The summed E-state index contributed by atoms with van der Waals surface area (Å²) in [5.41, 5.74) is 12.3. The highest BCUT2D eigenvalue weighted by Gasteiger charge is 2.33. The predicted octanol–water partition coefficient (Wildman–Crippen LogP) is 5.05. The number of aryl methyl sites for hydroxylation is 4. The van der Waals surface area contributed by atoms with Crippen LogP contribution in [0.5, 0.6) is 0 Å². The van der Waals surface area contributed by atoms with Crippen LogP contribution in [0, 0.1) is 39.5 Å². The number of hydrogen-bond acceptors (Lipinski definition) is 0. The van der Waals surface area contributed by atoms with Gasteiger partial charge in [-0.2, -0.15) is 0 Å². The Balaban J connectivity index is 1.57. The monoisotopic (exact) mass is 290 g/mol. The second-order valence-electron chi connectivity index (χ2n) is 7.75. The van der Waals surface area contributed by atoms with Crippen LogP contribution in [0.1, 0.15) is 44.5 Å². The zero-order chi connectivity index (χ0) is 15.4. The van der Waals surface area contributed by atoms with Gasteiger partial charge in [-0.25, -0.2) is 0 Å². The van der Waals surface area contributed by atoms with Crippen molar-refractivity contribution in [3.63, 3.8) is 0 Å². The van der Waals surface area contributed by atoms with Gasteiger partial charge in [0.1, 0.15) is 0 Å². The molecular formula is C22H26. The highest BCUT2D eigenvalue weighted by Crippen LogP contribution is 2.40. The first-order valence-electron chi connectivity index (χ1n) is 8.69. The van der Waals surface area contributed by atoms with Crippen molar-refractivity contribution in [3.05, 3.63) is 68.8 Å². The minimum absolute atomic E-state index is 0.851. The Morgan fingerprint density at radius 2 is 0.727 bits per heavy atom. The van der Waals surface area contributed by atoms with Gasteiger partial charge in [0, 0.05) is 0 Å². The van der Waals surface area contributed by atoms with Crippen LogP contribution in [-0.2, 0) is 25.7 Å². The molecule has 2 aromatic rings. The fraction of sp³-hybridized carbons (Fsp3) is 0.455. The highest BCUT2D eigenvalue weighted by atomic mass is 14.4. The standard InChI is InChI=1S/C22H26/c1-13-5-17-9-21(10-18(17)6-14(13)2)22-11-19-7-15(3)16(4)8-20(19)12-22/h5-8,21-22H,9-12H2,1-4H3. The fourth-order valence-corrected chi connectivity index (χ4v) is 4.57. The Morgan fingerprint density at radius 3 is 0.955 bits per heavy atom. The summed E-state index contributed by atoms with van der Waals surface area (Å²) in [6, 6.07) is 9.78. The first-order valence-corrected chi connectivity index (χ1v) is 8.69. The summed E-state index contributed by atoms with van der Waals surface area (Å²) in [4.78, 5) is 0. The molecule has 0 aliphatic heterocycles. The summed E-state index contributed by atoms with van der Waals surface area (Å²) in [6.07, 6.45) is 5.19. The lowest BCUT2D eigenvalue weighted by molar-refractivity contribution is 0.360. The van der Waals surface area contributed by atoms with Gasteiger partial charge in [-0.05, 0) is 110 Å². The molecule has 0 unspecified atom stereocenters. The van der Waals surface area contributed by atoms with Crippen LogP contribution in [0.2, 0.25) is 0 Å². The zero-order valence-electron chi connectivity index (χ0n) is 14.3. The summed E-state index contributed by atoms with van der Waals surface area (Å²) < 4.78 is 0. The summed E-state index contributed by atoms with van der Waals surface area (Å²) in [7, 11) is 0. The lowest BCUT2D eigenvalue weighted by atomic mass is 9.87. The molecule has 0 saturated heterocycles. The largest absolute Gasteiger partial charge is 0.0556 e. The van der Waals surface area contributed by atoms with E-state index in [1.165, 1.54) is 47.9 Å². The minimum Gasteiger partial charge on any atom is -0.0556 e. The van der Waals surface area contributed by atoms with Crippen molar-refractivity contribution in [2.45, 2.75) is 53.4 Å². The van der Waals surface area contributed by atoms with Gasteiger partial charge in [0.05, 0.1) is 0 Å². The van der Waals surface area contributed by atoms with Gasteiger partial charge in [-0.1, -0.05) is 24.3 Å². The predicted molar refractivity (Wildman–Crippen MR) is 93.6 cm³/mol. The fourth-order valence-electron chi connectivity index (χ4n) is 4.57. The maximum Gasteiger partial charge on any atom is -0.0241 e. The minimum atomic E-state index is 0.851. The molecule has 0 N–H and O–H groups in total. The van der Waals surface area contributed by atoms with Crippen molar-refractivity contribution in [2.24, 2.45) is 11.8 Å². The molecule has 0 amide bonds. The summed E-state index contributed by atoms with van der Waals surface area (Å²) >= 11 is 0. The number of hydrogen-bond donors (Lipinski definition) is 0. The Bertz CT molecular complexity index is 624. The number of benzene rings is 2. The molecule has 0 fully saturated rings. The van der Waals surface area contributed by atoms with Gasteiger partial charge >= 0.3 is 0 Å². The van der Waals surface area contributed by atoms with Gasteiger partial charge in [0.2, 0.25) is 0 Å². The smallest absolute Gasteiger partial charge is 0.0241 e. The second kappa shape index (κ2) is 4.98. The molecule has 0 spiro atoms. The molecule has 0 atom stereocenters. The van der Waals surface area contributed by atoms with Crippen molar-refractivity contribution in [1.29, 1.82) is 0 Å². The molecule has 0 aromatic heterocycles. The zero-order valence-corrected chi connectivity index (χ0v) is 14.3. The Labute approximate surface area is 134 Å². The molecule has 0 saturated carbocycles. The molecule has 2 aromatic carbocycles. The number of rotatable bonds is 1.